The number of aryl methyl sites for hydroxylation is 3. The lowest BCUT2D eigenvalue weighted by molar-refractivity contribution is 0.0785. The number of carbonyl (C=O) groups excluding carboxylic acids is 1. The molecule has 190 valence electrons. The number of fused-ring (bicyclic) bond motifs is 1. The Kier molecular flexibility index (Phi) is 6.52. The highest BCUT2D eigenvalue weighted by Crippen LogP contribution is 2.48. The normalized spacial score (nSPS) is 11.9. The average Bonchev–Trinajstić information content (AvgIpc) is 3.35. The van der Waals surface area contributed by atoms with Gasteiger partial charge in [0.1, 0.15) is 11.2 Å². The number of aromatic amines is 1. The Balaban J connectivity index is 1.98. The van der Waals surface area contributed by atoms with Crippen LogP contribution in [0.25, 0.3) is 21.3 Å². The number of nitrogens with zero attached hydrogens (tertiary/aromatic N) is 2. The monoisotopic (exact) mass is 512 g/mol. The van der Waals surface area contributed by atoms with Crippen molar-refractivity contribution in [3.63, 3.8) is 0 Å². The van der Waals surface area contributed by atoms with Crippen LogP contribution >= 0.6 is 11.3 Å². The number of thiophene rings is 1. The summed E-state index contributed by atoms with van der Waals surface area (Å²) in [7, 11) is 1.58. The van der Waals surface area contributed by atoms with Crippen LogP contribution in [0.5, 0.6) is 11.6 Å². The first-order chi connectivity index (χ1) is 16.8. The molecule has 0 atom stereocenters. The number of ether oxygens (including phenoxy) is 1. The number of aliphatic hydroxyl groups is 1. The minimum atomic E-state index is -1.49. The summed E-state index contributed by atoms with van der Waals surface area (Å²) in [5, 5.41) is 13.9. The van der Waals surface area contributed by atoms with Crippen LogP contribution in [0.3, 0.4) is 0 Å². The van der Waals surface area contributed by atoms with E-state index in [2.05, 4.69) is 15.3 Å². The number of hydrogen-bond donors (Lipinski definition) is 3. The van der Waals surface area contributed by atoms with Gasteiger partial charge in [-0.2, -0.15) is 0 Å². The summed E-state index contributed by atoms with van der Waals surface area (Å²) in [6.45, 7) is 10.4. The standard InChI is InChI=1S/C26H29FN4O4S/c1-12(2)29-23(32)17-9-15-16(11-31(7)25(33)19(15)30-17)21-20(18(27)22(36-21)26(5,6)34)35-24-14(4)8-13(3)10-28-24/h8-12,30,34H,1-7H3,(H,29,32). The smallest absolute Gasteiger partial charge is 0.274 e. The van der Waals surface area contributed by atoms with Crippen LogP contribution in [-0.4, -0.2) is 31.6 Å². The first-order valence-electron chi connectivity index (χ1n) is 11.5. The van der Waals surface area contributed by atoms with Crippen LogP contribution < -0.4 is 15.6 Å². The van der Waals surface area contributed by atoms with E-state index in [1.54, 1.807) is 25.5 Å². The summed E-state index contributed by atoms with van der Waals surface area (Å²) >= 11 is 1.02. The summed E-state index contributed by atoms with van der Waals surface area (Å²) < 4.78 is 23.2. The van der Waals surface area contributed by atoms with Crippen molar-refractivity contribution in [2.75, 3.05) is 0 Å². The maximum atomic E-state index is 15.8. The lowest BCUT2D eigenvalue weighted by Crippen LogP contribution is -2.30. The Labute approximate surface area is 211 Å². The predicted octanol–water partition coefficient (Wildman–Crippen LogP) is 4.90. The number of H-pyrrole nitrogens is 1. The molecule has 1 amide bonds. The lowest BCUT2D eigenvalue weighted by atomic mass is 10.1. The summed E-state index contributed by atoms with van der Waals surface area (Å²) in [4.78, 5) is 33.2. The van der Waals surface area contributed by atoms with Gasteiger partial charge in [0.15, 0.2) is 11.6 Å². The number of halogens is 1. The van der Waals surface area contributed by atoms with Crippen molar-refractivity contribution in [2.24, 2.45) is 7.05 Å². The highest BCUT2D eigenvalue weighted by molar-refractivity contribution is 7.16. The van der Waals surface area contributed by atoms with E-state index in [1.165, 1.54) is 18.4 Å². The van der Waals surface area contributed by atoms with E-state index < -0.39 is 11.4 Å². The topological polar surface area (TPSA) is 109 Å². The van der Waals surface area contributed by atoms with Gasteiger partial charge in [-0.15, -0.1) is 11.3 Å². The van der Waals surface area contributed by atoms with Crippen LogP contribution in [0.4, 0.5) is 4.39 Å². The molecule has 0 aliphatic carbocycles. The quantitative estimate of drug-likeness (QED) is 0.340. The molecule has 4 aromatic heterocycles. The molecular formula is C26H29FN4O4S. The molecule has 0 saturated heterocycles. The summed E-state index contributed by atoms with van der Waals surface area (Å²) in [5.74, 6) is -0.946. The van der Waals surface area contributed by atoms with Crippen molar-refractivity contribution in [3.05, 3.63) is 62.4 Å². The van der Waals surface area contributed by atoms with Crippen LogP contribution in [0.1, 0.15) is 54.2 Å². The van der Waals surface area contributed by atoms with E-state index in [0.29, 0.717) is 15.8 Å². The third-order valence-electron chi connectivity index (χ3n) is 5.60. The summed E-state index contributed by atoms with van der Waals surface area (Å²) in [6, 6.07) is 3.35. The molecule has 0 spiro atoms. The molecule has 4 heterocycles. The summed E-state index contributed by atoms with van der Waals surface area (Å²) in [5.41, 5.74) is 0.723. The van der Waals surface area contributed by atoms with Gasteiger partial charge in [-0.3, -0.25) is 9.59 Å². The van der Waals surface area contributed by atoms with Crippen molar-refractivity contribution in [2.45, 2.75) is 53.2 Å². The second-order valence-corrected chi connectivity index (χ2v) is 10.8. The van der Waals surface area contributed by atoms with Gasteiger partial charge in [-0.05, 0) is 59.2 Å². The van der Waals surface area contributed by atoms with Gasteiger partial charge in [0.2, 0.25) is 5.88 Å². The van der Waals surface area contributed by atoms with Crippen LogP contribution in [0.2, 0.25) is 0 Å². The fourth-order valence-electron chi connectivity index (χ4n) is 3.94. The van der Waals surface area contributed by atoms with Crippen molar-refractivity contribution in [1.82, 2.24) is 19.9 Å². The van der Waals surface area contributed by atoms with Gasteiger partial charge in [0.05, 0.1) is 15.4 Å². The van der Waals surface area contributed by atoms with E-state index >= 15 is 4.39 Å². The van der Waals surface area contributed by atoms with Crippen LogP contribution in [0.15, 0.2) is 29.3 Å². The van der Waals surface area contributed by atoms with Crippen molar-refractivity contribution in [1.29, 1.82) is 0 Å². The van der Waals surface area contributed by atoms with E-state index in [-0.39, 0.29) is 45.2 Å². The second-order valence-electron chi connectivity index (χ2n) is 9.76. The zero-order chi connectivity index (χ0) is 26.5. The molecule has 36 heavy (non-hydrogen) atoms. The summed E-state index contributed by atoms with van der Waals surface area (Å²) in [6.07, 6.45) is 3.20. The Morgan fingerprint density at radius 3 is 2.61 bits per heavy atom. The van der Waals surface area contributed by atoms with Crippen LogP contribution in [0, 0.1) is 19.7 Å². The van der Waals surface area contributed by atoms with Gasteiger partial charge in [0, 0.05) is 42.0 Å². The number of nitrogens with one attached hydrogen (secondary N) is 2. The van der Waals surface area contributed by atoms with Crippen molar-refractivity contribution in [3.8, 4) is 22.1 Å². The number of aromatic nitrogens is 3. The average molecular weight is 513 g/mol. The largest absolute Gasteiger partial charge is 0.434 e. The van der Waals surface area contributed by atoms with Gasteiger partial charge < -0.3 is 24.7 Å². The molecule has 0 saturated carbocycles. The van der Waals surface area contributed by atoms with Gasteiger partial charge >= 0.3 is 0 Å². The van der Waals surface area contributed by atoms with E-state index in [0.717, 1.165) is 22.5 Å². The van der Waals surface area contributed by atoms with Gasteiger partial charge in [-0.1, -0.05) is 0 Å². The zero-order valence-corrected chi connectivity index (χ0v) is 22.1. The molecule has 0 radical (unpaired) electrons. The predicted molar refractivity (Wildman–Crippen MR) is 138 cm³/mol. The molecule has 3 N–H and O–H groups in total. The fraction of sp³-hybridized carbons (Fsp3) is 0.346. The Bertz CT molecular complexity index is 1540. The number of amides is 1. The number of hydrogen-bond acceptors (Lipinski definition) is 6. The molecule has 0 fully saturated rings. The molecule has 0 aromatic carbocycles. The molecule has 0 unspecified atom stereocenters. The van der Waals surface area contributed by atoms with E-state index in [4.69, 9.17) is 4.74 Å². The van der Waals surface area contributed by atoms with Gasteiger partial charge in [-0.25, -0.2) is 9.37 Å². The molecule has 0 bridgehead atoms. The molecule has 10 heteroatoms. The highest BCUT2D eigenvalue weighted by Gasteiger charge is 2.32. The first kappa shape index (κ1) is 25.6. The second kappa shape index (κ2) is 9.18. The van der Waals surface area contributed by atoms with Crippen LogP contribution in [-0.2, 0) is 12.6 Å². The van der Waals surface area contributed by atoms with E-state index in [1.807, 2.05) is 33.8 Å². The minimum Gasteiger partial charge on any atom is -0.434 e. The number of rotatable bonds is 6. The maximum Gasteiger partial charge on any atom is 0.274 e. The number of pyridine rings is 2. The third-order valence-corrected chi connectivity index (χ3v) is 7.10. The third kappa shape index (κ3) is 4.66. The highest BCUT2D eigenvalue weighted by atomic mass is 32.1. The fourth-order valence-corrected chi connectivity index (χ4v) is 5.07. The Morgan fingerprint density at radius 1 is 1.31 bits per heavy atom. The Morgan fingerprint density at radius 2 is 2.00 bits per heavy atom. The SMILES string of the molecule is Cc1cnc(Oc2c(-c3cn(C)c(=O)c4[nH]c(C(=O)NC(C)C)cc34)sc(C(C)(C)O)c2F)c(C)c1. The molecular weight excluding hydrogens is 483 g/mol. The van der Waals surface area contributed by atoms with Crippen molar-refractivity contribution < 1.29 is 19.0 Å². The molecule has 0 aliphatic heterocycles. The molecule has 4 aromatic rings. The Hall–Kier alpha value is -3.50. The maximum absolute atomic E-state index is 15.8. The van der Waals surface area contributed by atoms with E-state index in [9.17, 15) is 14.7 Å². The van der Waals surface area contributed by atoms with Gasteiger partial charge in [0.25, 0.3) is 11.5 Å². The lowest BCUT2D eigenvalue weighted by Gasteiger charge is -2.14. The first-order valence-corrected chi connectivity index (χ1v) is 12.3. The molecule has 8 nitrogen and oxygen atoms in total. The molecule has 4 rings (SSSR count). The zero-order valence-electron chi connectivity index (χ0n) is 21.2. The molecule has 0 aliphatic rings. The minimum absolute atomic E-state index is 0.0765. The van der Waals surface area contributed by atoms with Crippen molar-refractivity contribution >= 4 is 28.1 Å². The number of carbonyl (C=O) groups is 1.